The smallest absolute Gasteiger partial charge is 0.308 e. The van der Waals surface area contributed by atoms with Crippen molar-refractivity contribution in [3.05, 3.63) is 70.9 Å². The van der Waals surface area contributed by atoms with Crippen molar-refractivity contribution in [2.75, 3.05) is 26.7 Å². The Hall–Kier alpha value is -3.68. The number of fused-ring (bicyclic) bond motifs is 1. The summed E-state index contributed by atoms with van der Waals surface area (Å²) < 4.78 is 60.6. The molecule has 0 spiro atoms. The number of carboxylic acid groups (broad SMARTS) is 1. The first kappa shape index (κ1) is 27.4. The van der Waals surface area contributed by atoms with Crippen LogP contribution in [-0.2, 0) is 4.79 Å². The molecule has 0 bridgehead atoms. The highest BCUT2D eigenvalue weighted by Crippen LogP contribution is 2.34. The van der Waals surface area contributed by atoms with Gasteiger partial charge in [-0.05, 0) is 56.0 Å². The largest absolute Gasteiger partial charge is 0.497 e. The summed E-state index contributed by atoms with van der Waals surface area (Å²) in [6.07, 6.45) is 2.51. The Morgan fingerprint density at radius 2 is 2.03 bits per heavy atom. The maximum Gasteiger partial charge on any atom is 0.308 e. The van der Waals surface area contributed by atoms with Crippen molar-refractivity contribution in [1.29, 1.82) is 0 Å². The molecular formula is C28H27F4N3O3. The molecule has 2 heterocycles. The quantitative estimate of drug-likeness (QED) is 0.263. The summed E-state index contributed by atoms with van der Waals surface area (Å²) in [5, 5.41) is 10.4. The highest BCUT2D eigenvalue weighted by molar-refractivity contribution is 5.84. The van der Waals surface area contributed by atoms with E-state index in [9.17, 15) is 27.5 Å². The maximum absolute atomic E-state index is 14.8. The topological polar surface area (TPSA) is 88.7 Å². The molecule has 200 valence electrons. The van der Waals surface area contributed by atoms with Crippen LogP contribution in [0.1, 0.15) is 36.4 Å². The third kappa shape index (κ3) is 6.06. The van der Waals surface area contributed by atoms with E-state index >= 15 is 0 Å². The molecule has 2 aromatic carbocycles. The van der Waals surface area contributed by atoms with E-state index in [0.717, 1.165) is 12.3 Å². The van der Waals surface area contributed by atoms with Gasteiger partial charge in [-0.15, -0.1) is 0 Å². The van der Waals surface area contributed by atoms with Crippen molar-refractivity contribution in [2.24, 2.45) is 17.6 Å². The normalized spacial score (nSPS) is 18.6. The van der Waals surface area contributed by atoms with Gasteiger partial charge in [0.05, 0.1) is 36.8 Å². The van der Waals surface area contributed by atoms with Crippen LogP contribution in [0.3, 0.4) is 0 Å². The molecule has 0 aliphatic carbocycles. The lowest BCUT2D eigenvalue weighted by atomic mass is 9.81. The van der Waals surface area contributed by atoms with Crippen LogP contribution in [0.4, 0.5) is 17.6 Å². The van der Waals surface area contributed by atoms with Crippen LogP contribution < -0.4 is 10.5 Å². The number of aromatic nitrogens is 1. The van der Waals surface area contributed by atoms with Gasteiger partial charge in [0.25, 0.3) is 0 Å². The second kappa shape index (κ2) is 11.8. The minimum Gasteiger partial charge on any atom is -0.497 e. The lowest BCUT2D eigenvalue weighted by molar-refractivity contribution is -0.146. The predicted molar refractivity (Wildman–Crippen MR) is 133 cm³/mol. The molecule has 3 atom stereocenters. The van der Waals surface area contributed by atoms with Crippen LogP contribution in [0.5, 0.6) is 5.75 Å². The summed E-state index contributed by atoms with van der Waals surface area (Å²) >= 11 is 0. The number of pyridine rings is 1. The van der Waals surface area contributed by atoms with Crippen molar-refractivity contribution < 1.29 is 32.2 Å². The van der Waals surface area contributed by atoms with E-state index in [1.807, 2.05) is 0 Å². The number of carbonyl (C=O) groups is 1. The minimum absolute atomic E-state index is 0.115. The zero-order chi connectivity index (χ0) is 27.4. The molecule has 38 heavy (non-hydrogen) atoms. The van der Waals surface area contributed by atoms with E-state index in [0.29, 0.717) is 54.1 Å². The first-order valence-electron chi connectivity index (χ1n) is 12.1. The van der Waals surface area contributed by atoms with Crippen LogP contribution >= 0.6 is 0 Å². The summed E-state index contributed by atoms with van der Waals surface area (Å²) in [5.41, 5.74) is 6.91. The minimum atomic E-state index is -1.32. The van der Waals surface area contributed by atoms with Gasteiger partial charge < -0.3 is 15.6 Å². The van der Waals surface area contributed by atoms with Gasteiger partial charge in [0.2, 0.25) is 0 Å². The summed E-state index contributed by atoms with van der Waals surface area (Å²) in [6.45, 7) is 0.847. The van der Waals surface area contributed by atoms with Crippen molar-refractivity contribution in [3.63, 3.8) is 0 Å². The molecule has 1 aromatic heterocycles. The average Bonchev–Trinajstić information content (AvgIpc) is 2.89. The molecule has 0 radical (unpaired) electrons. The number of nitrogens with zero attached hydrogens (tertiary/aromatic N) is 2. The van der Waals surface area contributed by atoms with E-state index in [1.165, 1.54) is 7.11 Å². The zero-order valence-electron chi connectivity index (χ0n) is 20.7. The van der Waals surface area contributed by atoms with Gasteiger partial charge in [0.15, 0.2) is 11.6 Å². The number of halogens is 4. The molecule has 1 fully saturated rings. The lowest BCUT2D eigenvalue weighted by Crippen LogP contribution is -2.44. The molecule has 0 saturated carbocycles. The summed E-state index contributed by atoms with van der Waals surface area (Å²) in [5.74, 6) is -0.234. The number of likely N-dealkylation sites (tertiary alicyclic amines) is 1. The summed E-state index contributed by atoms with van der Waals surface area (Å²) in [6, 6.07) is 5.72. The number of benzene rings is 2. The Morgan fingerprint density at radius 1 is 1.24 bits per heavy atom. The molecule has 4 rings (SSSR count). The van der Waals surface area contributed by atoms with Crippen LogP contribution in [0.2, 0.25) is 0 Å². The number of hydrogen-bond donors (Lipinski definition) is 2. The summed E-state index contributed by atoms with van der Waals surface area (Å²) in [7, 11) is 1.51. The number of piperidine rings is 1. The fourth-order valence-electron chi connectivity index (χ4n) is 4.94. The van der Waals surface area contributed by atoms with Gasteiger partial charge in [-0.2, -0.15) is 0 Å². The molecule has 1 saturated heterocycles. The van der Waals surface area contributed by atoms with E-state index in [1.54, 1.807) is 23.1 Å². The first-order chi connectivity index (χ1) is 18.2. The van der Waals surface area contributed by atoms with Crippen LogP contribution in [0.15, 0.2) is 36.5 Å². The average molecular weight is 530 g/mol. The predicted octanol–water partition coefficient (Wildman–Crippen LogP) is 4.65. The van der Waals surface area contributed by atoms with E-state index in [4.69, 9.17) is 10.5 Å². The first-order valence-corrected chi connectivity index (χ1v) is 12.1. The zero-order valence-corrected chi connectivity index (χ0v) is 20.7. The van der Waals surface area contributed by atoms with Crippen molar-refractivity contribution >= 4 is 16.9 Å². The second-order valence-electron chi connectivity index (χ2n) is 9.37. The van der Waals surface area contributed by atoms with Gasteiger partial charge in [0.1, 0.15) is 17.4 Å². The van der Waals surface area contributed by atoms with E-state index in [-0.39, 0.29) is 19.0 Å². The molecule has 6 nitrogen and oxygen atoms in total. The maximum atomic E-state index is 14.8. The van der Waals surface area contributed by atoms with Crippen LogP contribution in [0.25, 0.3) is 10.9 Å². The van der Waals surface area contributed by atoms with Crippen LogP contribution in [-0.4, -0.2) is 47.7 Å². The number of nitrogens with two attached hydrogens (primary N) is 1. The third-order valence-corrected chi connectivity index (χ3v) is 6.96. The molecule has 0 amide bonds. The molecule has 3 aromatic rings. The molecule has 10 heteroatoms. The molecule has 1 aliphatic heterocycles. The SMILES string of the molecule is COc1ccc2ncc(F)c([C@H](N)CCC3CCN(CC#Cc4cc(F)cc(F)c4F)CC3C(=O)O)c2c1. The van der Waals surface area contributed by atoms with Crippen molar-refractivity contribution in [2.45, 2.75) is 25.3 Å². The number of hydrogen-bond acceptors (Lipinski definition) is 5. The summed E-state index contributed by atoms with van der Waals surface area (Å²) in [4.78, 5) is 17.9. The lowest BCUT2D eigenvalue weighted by Gasteiger charge is -2.36. The number of carboxylic acids is 1. The Labute approximate surface area is 217 Å². The highest BCUT2D eigenvalue weighted by Gasteiger charge is 2.34. The second-order valence-corrected chi connectivity index (χ2v) is 9.37. The Kier molecular flexibility index (Phi) is 8.49. The molecular weight excluding hydrogens is 502 g/mol. The molecule has 1 aliphatic rings. The van der Waals surface area contributed by atoms with Gasteiger partial charge in [-0.3, -0.25) is 14.7 Å². The Bertz CT molecular complexity index is 1410. The van der Waals surface area contributed by atoms with Gasteiger partial charge in [0, 0.05) is 29.6 Å². The third-order valence-electron chi connectivity index (χ3n) is 6.96. The van der Waals surface area contributed by atoms with Crippen LogP contribution in [0, 0.1) is 46.9 Å². The highest BCUT2D eigenvalue weighted by atomic mass is 19.2. The number of aliphatic carboxylic acids is 1. The molecule has 3 N–H and O–H groups in total. The fourth-order valence-corrected chi connectivity index (χ4v) is 4.94. The van der Waals surface area contributed by atoms with Gasteiger partial charge in [-0.1, -0.05) is 11.8 Å². The number of ether oxygens (including phenoxy) is 1. The molecule has 2 unspecified atom stereocenters. The van der Waals surface area contributed by atoms with Crippen molar-refractivity contribution in [3.8, 4) is 17.6 Å². The number of rotatable bonds is 7. The van der Waals surface area contributed by atoms with Gasteiger partial charge >= 0.3 is 5.97 Å². The monoisotopic (exact) mass is 529 g/mol. The van der Waals surface area contributed by atoms with E-state index in [2.05, 4.69) is 16.8 Å². The van der Waals surface area contributed by atoms with E-state index < -0.39 is 46.8 Å². The van der Waals surface area contributed by atoms with Crippen molar-refractivity contribution in [1.82, 2.24) is 9.88 Å². The van der Waals surface area contributed by atoms with Gasteiger partial charge in [-0.25, -0.2) is 17.6 Å². The number of methoxy groups -OCH3 is 1. The Balaban J connectivity index is 1.42. The Morgan fingerprint density at radius 3 is 2.76 bits per heavy atom. The standard InChI is InChI=1S/C28H27F4N3O3/c1-38-19-5-7-25-20(13-19)26(23(31)14-34-25)24(33)6-4-16-8-10-35(15-21(16)28(36)37)9-2-3-17-11-18(29)12-22(30)27(17)32/h5,7,11-14,16,21,24H,4,6,8-10,15,33H2,1H3,(H,36,37)/t16?,21?,24-/m1/s1. The fraction of sp³-hybridized carbons (Fsp3) is 0.357.